The second-order valence-corrected chi connectivity index (χ2v) is 6.31. The van der Waals surface area contributed by atoms with Crippen molar-refractivity contribution in [3.05, 3.63) is 42.0 Å². The Morgan fingerprint density at radius 2 is 2.11 bits per heavy atom. The van der Waals surface area contributed by atoms with Gasteiger partial charge in [0.25, 0.3) is 0 Å². The molecule has 0 atom stereocenters. The number of hydrogen-bond donors (Lipinski definition) is 1. The van der Waals surface area contributed by atoms with E-state index in [4.69, 9.17) is 5.73 Å². The highest BCUT2D eigenvalue weighted by Crippen LogP contribution is 2.18. The lowest BCUT2D eigenvalue weighted by atomic mass is 10.3. The molecule has 2 rings (SSSR count). The Kier molecular flexibility index (Phi) is 3.57. The third-order valence-electron chi connectivity index (χ3n) is 2.88. The van der Waals surface area contributed by atoms with E-state index in [9.17, 15) is 12.8 Å². The molecule has 0 saturated carbocycles. The van der Waals surface area contributed by atoms with E-state index < -0.39 is 15.7 Å². The van der Waals surface area contributed by atoms with Crippen LogP contribution in [0.4, 0.5) is 10.1 Å². The SMILES string of the molecule is Cn1nccc1CCS(=O)(=O)c1ccc(N)c(F)c1. The number of rotatable bonds is 4. The summed E-state index contributed by atoms with van der Waals surface area (Å²) in [5.74, 6) is -0.822. The largest absolute Gasteiger partial charge is 0.396 e. The lowest BCUT2D eigenvalue weighted by Crippen LogP contribution is -2.12. The van der Waals surface area contributed by atoms with Crippen molar-refractivity contribution in [1.29, 1.82) is 0 Å². The second-order valence-electron chi connectivity index (χ2n) is 4.20. The van der Waals surface area contributed by atoms with Crippen LogP contribution >= 0.6 is 0 Å². The normalized spacial score (nSPS) is 11.7. The van der Waals surface area contributed by atoms with E-state index >= 15 is 0 Å². The summed E-state index contributed by atoms with van der Waals surface area (Å²) in [6.07, 6.45) is 1.93. The van der Waals surface area contributed by atoms with Crippen molar-refractivity contribution in [2.75, 3.05) is 11.5 Å². The number of nitrogens with zero attached hydrogens (tertiary/aromatic N) is 2. The molecule has 0 amide bonds. The molecular weight excluding hydrogens is 269 g/mol. The number of nitrogens with two attached hydrogens (primary N) is 1. The molecule has 102 valence electrons. The number of hydrogen-bond acceptors (Lipinski definition) is 4. The van der Waals surface area contributed by atoms with E-state index in [1.54, 1.807) is 24.0 Å². The lowest BCUT2D eigenvalue weighted by Gasteiger charge is -2.06. The van der Waals surface area contributed by atoms with E-state index in [0.717, 1.165) is 11.8 Å². The zero-order valence-corrected chi connectivity index (χ0v) is 11.2. The molecule has 0 bridgehead atoms. The Labute approximate surface area is 110 Å². The first-order valence-corrected chi connectivity index (χ1v) is 7.30. The summed E-state index contributed by atoms with van der Waals surface area (Å²) in [5, 5.41) is 3.96. The highest BCUT2D eigenvalue weighted by Gasteiger charge is 2.16. The molecule has 0 saturated heterocycles. The van der Waals surface area contributed by atoms with Crippen LogP contribution in [0.15, 0.2) is 35.4 Å². The molecule has 0 aliphatic rings. The molecule has 2 aromatic rings. The Morgan fingerprint density at radius 3 is 2.68 bits per heavy atom. The first-order valence-electron chi connectivity index (χ1n) is 5.65. The third kappa shape index (κ3) is 2.93. The fraction of sp³-hybridized carbons (Fsp3) is 0.250. The smallest absolute Gasteiger partial charge is 0.178 e. The number of sulfone groups is 1. The molecule has 19 heavy (non-hydrogen) atoms. The Hall–Kier alpha value is -1.89. The summed E-state index contributed by atoms with van der Waals surface area (Å²) in [5.41, 5.74) is 6.06. The molecule has 1 heterocycles. The van der Waals surface area contributed by atoms with Crippen molar-refractivity contribution in [1.82, 2.24) is 9.78 Å². The maximum absolute atomic E-state index is 13.3. The van der Waals surface area contributed by atoms with Crippen LogP contribution in [0.5, 0.6) is 0 Å². The molecule has 1 aromatic carbocycles. The van der Waals surface area contributed by atoms with Crippen molar-refractivity contribution in [3.63, 3.8) is 0 Å². The molecule has 2 N–H and O–H groups in total. The minimum absolute atomic E-state index is 0.0543. The van der Waals surface area contributed by atoms with Gasteiger partial charge < -0.3 is 5.73 Å². The van der Waals surface area contributed by atoms with Crippen molar-refractivity contribution in [2.45, 2.75) is 11.3 Å². The fourth-order valence-electron chi connectivity index (χ4n) is 1.70. The molecule has 0 fully saturated rings. The molecule has 5 nitrogen and oxygen atoms in total. The average molecular weight is 283 g/mol. The van der Waals surface area contributed by atoms with E-state index in [1.807, 2.05) is 0 Å². The molecule has 0 unspecified atom stereocenters. The van der Waals surface area contributed by atoms with E-state index in [-0.39, 0.29) is 16.3 Å². The van der Waals surface area contributed by atoms with Gasteiger partial charge in [0.1, 0.15) is 5.82 Å². The van der Waals surface area contributed by atoms with Crippen molar-refractivity contribution < 1.29 is 12.8 Å². The van der Waals surface area contributed by atoms with Crippen LogP contribution < -0.4 is 5.73 Å². The Morgan fingerprint density at radius 1 is 1.37 bits per heavy atom. The van der Waals surface area contributed by atoms with Gasteiger partial charge >= 0.3 is 0 Å². The van der Waals surface area contributed by atoms with Crippen molar-refractivity contribution in [3.8, 4) is 0 Å². The van der Waals surface area contributed by atoms with Crippen LogP contribution in [0.3, 0.4) is 0 Å². The van der Waals surface area contributed by atoms with E-state index in [0.29, 0.717) is 6.42 Å². The summed E-state index contributed by atoms with van der Waals surface area (Å²) in [6.45, 7) is 0. The number of halogens is 1. The molecule has 7 heteroatoms. The lowest BCUT2D eigenvalue weighted by molar-refractivity contribution is 0.589. The Balaban J connectivity index is 2.18. The number of aromatic nitrogens is 2. The highest BCUT2D eigenvalue weighted by molar-refractivity contribution is 7.91. The minimum atomic E-state index is -3.53. The van der Waals surface area contributed by atoms with Crippen molar-refractivity contribution >= 4 is 15.5 Å². The number of nitrogen functional groups attached to an aromatic ring is 1. The Bertz CT molecular complexity index is 695. The van der Waals surface area contributed by atoms with Crippen molar-refractivity contribution in [2.24, 2.45) is 7.05 Å². The maximum Gasteiger partial charge on any atom is 0.178 e. The first-order chi connectivity index (χ1) is 8.90. The van der Waals surface area contributed by atoms with Crippen LogP contribution in [0.1, 0.15) is 5.69 Å². The standard InChI is InChI=1S/C12H14FN3O2S/c1-16-9(4-6-15-16)5-7-19(17,18)10-2-3-12(14)11(13)8-10/h2-4,6,8H,5,7,14H2,1H3. The first kappa shape index (κ1) is 13.5. The van der Waals surface area contributed by atoms with Gasteiger partial charge in [-0.25, -0.2) is 12.8 Å². The van der Waals surface area contributed by atoms with Crippen LogP contribution in [0.25, 0.3) is 0 Å². The third-order valence-corrected chi connectivity index (χ3v) is 4.59. The summed E-state index contributed by atoms with van der Waals surface area (Å²) in [4.78, 5) is -0.0543. The van der Waals surface area contributed by atoms with Gasteiger partial charge in [-0.3, -0.25) is 4.68 Å². The predicted molar refractivity (Wildman–Crippen MR) is 69.8 cm³/mol. The highest BCUT2D eigenvalue weighted by atomic mass is 32.2. The average Bonchev–Trinajstić information content (AvgIpc) is 2.76. The van der Waals surface area contributed by atoms with Gasteiger partial charge in [-0.05, 0) is 24.3 Å². The van der Waals surface area contributed by atoms with Gasteiger partial charge in [-0.2, -0.15) is 5.10 Å². The summed E-state index contributed by atoms with van der Waals surface area (Å²) < 4.78 is 39.0. The predicted octanol–water partition coefficient (Wildman–Crippen LogP) is 1.16. The van der Waals surface area contributed by atoms with E-state index in [2.05, 4.69) is 5.10 Å². The van der Waals surface area contributed by atoms with Crippen LogP contribution in [-0.4, -0.2) is 24.0 Å². The molecule has 0 radical (unpaired) electrons. The molecule has 0 spiro atoms. The monoisotopic (exact) mass is 283 g/mol. The minimum Gasteiger partial charge on any atom is -0.396 e. The topological polar surface area (TPSA) is 78.0 Å². The van der Waals surface area contributed by atoms with Gasteiger partial charge in [-0.15, -0.1) is 0 Å². The fourth-order valence-corrected chi connectivity index (χ4v) is 2.98. The van der Waals surface area contributed by atoms with Gasteiger partial charge in [-0.1, -0.05) is 0 Å². The molecular formula is C12H14FN3O2S. The second kappa shape index (κ2) is 5.00. The molecule has 0 aliphatic carbocycles. The van der Waals surface area contributed by atoms with Crippen LogP contribution in [0.2, 0.25) is 0 Å². The number of benzene rings is 1. The van der Waals surface area contributed by atoms with Crippen LogP contribution in [-0.2, 0) is 23.3 Å². The quantitative estimate of drug-likeness (QED) is 0.854. The summed E-state index contributed by atoms with van der Waals surface area (Å²) >= 11 is 0. The van der Waals surface area contributed by atoms with E-state index in [1.165, 1.54) is 12.1 Å². The zero-order chi connectivity index (χ0) is 14.0. The number of anilines is 1. The van der Waals surface area contributed by atoms with Gasteiger partial charge in [0.2, 0.25) is 0 Å². The van der Waals surface area contributed by atoms with Gasteiger partial charge in [0.05, 0.1) is 16.3 Å². The summed E-state index contributed by atoms with van der Waals surface area (Å²) in [7, 11) is -1.79. The maximum atomic E-state index is 13.3. The zero-order valence-electron chi connectivity index (χ0n) is 10.4. The molecule has 1 aromatic heterocycles. The van der Waals surface area contributed by atoms with Gasteiger partial charge in [0, 0.05) is 25.4 Å². The van der Waals surface area contributed by atoms with Crippen LogP contribution in [0, 0.1) is 5.82 Å². The van der Waals surface area contributed by atoms with Gasteiger partial charge in [0.15, 0.2) is 9.84 Å². The number of aryl methyl sites for hydroxylation is 2. The summed E-state index contributed by atoms with van der Waals surface area (Å²) in [6, 6.07) is 5.27. The molecule has 0 aliphatic heterocycles.